The highest BCUT2D eigenvalue weighted by Gasteiger charge is 2.17. The molecule has 0 heterocycles. The maximum Gasteiger partial charge on any atom is 0.339 e. The molecule has 0 bridgehead atoms. The van der Waals surface area contributed by atoms with E-state index in [9.17, 15) is 4.79 Å². The first kappa shape index (κ1) is 13.6. The van der Waals surface area contributed by atoms with Gasteiger partial charge in [-0.3, -0.25) is 0 Å². The van der Waals surface area contributed by atoms with Gasteiger partial charge in [-0.05, 0) is 40.6 Å². The molecule has 0 spiro atoms. The van der Waals surface area contributed by atoms with Gasteiger partial charge >= 0.3 is 5.97 Å². The molecule has 0 aliphatic rings. The molecule has 5 heteroatoms. The lowest BCUT2D eigenvalue weighted by Gasteiger charge is -2.11. The molecule has 3 nitrogen and oxygen atoms in total. The number of ether oxygens (including phenoxy) is 1. The van der Waals surface area contributed by atoms with Gasteiger partial charge in [0.05, 0.1) is 21.3 Å². The van der Waals surface area contributed by atoms with Crippen molar-refractivity contribution in [2.24, 2.45) is 0 Å². The van der Waals surface area contributed by atoms with Gasteiger partial charge in [0, 0.05) is 5.69 Å². The Morgan fingerprint density at radius 1 is 1.62 bits per heavy atom. The van der Waals surface area contributed by atoms with Crippen molar-refractivity contribution < 1.29 is 9.53 Å². The van der Waals surface area contributed by atoms with E-state index < -0.39 is 5.97 Å². The topological polar surface area (TPSA) is 52.3 Å². The van der Waals surface area contributed by atoms with Gasteiger partial charge in [-0.25, -0.2) is 4.79 Å². The Hall–Kier alpha value is -0.490. The maximum atomic E-state index is 11.5. The van der Waals surface area contributed by atoms with Crippen LogP contribution in [0.2, 0.25) is 5.02 Å². The molecule has 1 aromatic rings. The zero-order valence-electron chi connectivity index (χ0n) is 9.14. The van der Waals surface area contributed by atoms with Crippen LogP contribution in [-0.2, 0) is 11.2 Å². The summed E-state index contributed by atoms with van der Waals surface area (Å²) in [5.74, 6) is -0.430. The minimum atomic E-state index is -0.430. The molecule has 0 atom stereocenters. The number of esters is 1. The van der Waals surface area contributed by atoms with E-state index >= 15 is 0 Å². The zero-order chi connectivity index (χ0) is 12.3. The van der Waals surface area contributed by atoms with Gasteiger partial charge in [-0.2, -0.15) is 0 Å². The maximum absolute atomic E-state index is 11.5. The zero-order valence-corrected chi connectivity index (χ0v) is 12.1. The van der Waals surface area contributed by atoms with Crippen LogP contribution in [0.1, 0.15) is 29.3 Å². The highest BCUT2D eigenvalue weighted by molar-refractivity contribution is 14.1. The largest absolute Gasteiger partial charge is 0.465 e. The van der Waals surface area contributed by atoms with Crippen molar-refractivity contribution in [3.63, 3.8) is 0 Å². The monoisotopic (exact) mass is 353 g/mol. The normalized spacial score (nSPS) is 10.2. The predicted octanol–water partition coefficient (Wildman–Crippen LogP) is 3.27. The summed E-state index contributed by atoms with van der Waals surface area (Å²) in [7, 11) is 1.33. The summed E-state index contributed by atoms with van der Waals surface area (Å²) in [4.78, 5) is 11.5. The number of rotatable bonds is 3. The second-order valence-corrected chi connectivity index (χ2v) is 4.82. The first-order chi connectivity index (χ1) is 7.52. The first-order valence-electron chi connectivity index (χ1n) is 4.87. The molecule has 0 radical (unpaired) electrons. The van der Waals surface area contributed by atoms with Gasteiger partial charge in [0.25, 0.3) is 0 Å². The third-order valence-corrected chi connectivity index (χ3v) is 4.09. The van der Waals surface area contributed by atoms with E-state index in [-0.39, 0.29) is 0 Å². The van der Waals surface area contributed by atoms with Crippen molar-refractivity contribution in [2.45, 2.75) is 19.8 Å². The van der Waals surface area contributed by atoms with Crippen LogP contribution in [-0.4, -0.2) is 13.1 Å². The number of hydrogen-bond donors (Lipinski definition) is 1. The molecule has 88 valence electrons. The van der Waals surface area contributed by atoms with Crippen LogP contribution in [0.15, 0.2) is 6.07 Å². The van der Waals surface area contributed by atoms with Crippen LogP contribution in [0.25, 0.3) is 0 Å². The van der Waals surface area contributed by atoms with Crippen molar-refractivity contribution in [2.75, 3.05) is 12.8 Å². The van der Waals surface area contributed by atoms with Crippen LogP contribution in [0.3, 0.4) is 0 Å². The quantitative estimate of drug-likeness (QED) is 0.515. The minimum absolute atomic E-state index is 0.366. The van der Waals surface area contributed by atoms with Gasteiger partial charge in [0.1, 0.15) is 0 Å². The van der Waals surface area contributed by atoms with Gasteiger partial charge < -0.3 is 10.5 Å². The average Bonchev–Trinajstić information content (AvgIpc) is 2.29. The van der Waals surface area contributed by atoms with Gasteiger partial charge in [-0.15, -0.1) is 0 Å². The summed E-state index contributed by atoms with van der Waals surface area (Å²) in [5, 5.41) is 0.366. The summed E-state index contributed by atoms with van der Waals surface area (Å²) < 4.78 is 5.39. The molecule has 1 rings (SSSR count). The number of carbonyl (C=O) groups is 1. The SMILES string of the molecule is CCCc1cc(C(=O)OC)c(Cl)c(I)c1N. The molecule has 0 aliphatic carbocycles. The molecule has 0 amide bonds. The Labute approximate surface area is 113 Å². The van der Waals surface area contributed by atoms with E-state index in [1.807, 2.05) is 22.6 Å². The number of aryl methyl sites for hydroxylation is 1. The first-order valence-corrected chi connectivity index (χ1v) is 6.33. The Morgan fingerprint density at radius 3 is 2.75 bits per heavy atom. The molecule has 0 unspecified atom stereocenters. The van der Waals surface area contributed by atoms with Crippen molar-refractivity contribution in [3.05, 3.63) is 25.8 Å². The second kappa shape index (κ2) is 5.72. The highest BCUT2D eigenvalue weighted by atomic mass is 127. The second-order valence-electron chi connectivity index (χ2n) is 3.37. The van der Waals surface area contributed by atoms with Crippen LogP contribution in [0.5, 0.6) is 0 Å². The fourth-order valence-corrected chi connectivity index (χ4v) is 2.30. The third kappa shape index (κ3) is 2.60. The summed E-state index contributed by atoms with van der Waals surface area (Å²) in [6.45, 7) is 2.05. The smallest absolute Gasteiger partial charge is 0.339 e. The Morgan fingerprint density at radius 2 is 2.25 bits per heavy atom. The molecule has 2 N–H and O–H groups in total. The number of hydrogen-bond acceptors (Lipinski definition) is 3. The number of nitrogens with two attached hydrogens (primary N) is 1. The Balaban J connectivity index is 3.35. The fourth-order valence-electron chi connectivity index (χ4n) is 1.43. The lowest BCUT2D eigenvalue weighted by Crippen LogP contribution is -2.07. The summed E-state index contributed by atoms with van der Waals surface area (Å²) in [6, 6.07) is 1.72. The van der Waals surface area contributed by atoms with Gasteiger partial charge in [0.2, 0.25) is 0 Å². The molecule has 0 aromatic heterocycles. The molecule has 0 saturated heterocycles. The van der Waals surface area contributed by atoms with Gasteiger partial charge in [-0.1, -0.05) is 24.9 Å². The number of halogens is 2. The predicted molar refractivity (Wildman–Crippen MR) is 73.9 cm³/mol. The lowest BCUT2D eigenvalue weighted by molar-refractivity contribution is 0.0601. The standard InChI is InChI=1S/C11H13ClINO2/c1-3-4-6-5-7(11(15)16-2)8(12)9(13)10(6)14/h5H,3-4,14H2,1-2H3. The molecule has 16 heavy (non-hydrogen) atoms. The van der Waals surface area contributed by atoms with E-state index in [2.05, 4.69) is 11.7 Å². The molecule has 1 aromatic carbocycles. The van der Waals surface area contributed by atoms with Crippen LogP contribution in [0.4, 0.5) is 5.69 Å². The molecule has 0 saturated carbocycles. The number of nitrogen functional groups attached to an aromatic ring is 1. The molecular weight excluding hydrogens is 340 g/mol. The van der Waals surface area contributed by atoms with E-state index in [0.717, 1.165) is 18.4 Å². The number of carbonyl (C=O) groups excluding carboxylic acids is 1. The van der Waals surface area contributed by atoms with E-state index in [4.69, 9.17) is 17.3 Å². The summed E-state index contributed by atoms with van der Waals surface area (Å²) in [5.41, 5.74) is 7.91. The van der Waals surface area contributed by atoms with Crippen LogP contribution >= 0.6 is 34.2 Å². The highest BCUT2D eigenvalue weighted by Crippen LogP contribution is 2.32. The van der Waals surface area contributed by atoms with Crippen molar-refractivity contribution in [3.8, 4) is 0 Å². The number of anilines is 1. The minimum Gasteiger partial charge on any atom is -0.465 e. The fraction of sp³-hybridized carbons (Fsp3) is 0.364. The lowest BCUT2D eigenvalue weighted by atomic mass is 10.0. The molecule has 0 aliphatic heterocycles. The van der Waals surface area contributed by atoms with Crippen LogP contribution in [0, 0.1) is 3.57 Å². The molecular formula is C11H13ClINO2. The van der Waals surface area contributed by atoms with E-state index in [1.54, 1.807) is 6.07 Å². The summed E-state index contributed by atoms with van der Waals surface area (Å²) in [6.07, 6.45) is 1.78. The summed E-state index contributed by atoms with van der Waals surface area (Å²) >= 11 is 8.10. The van der Waals surface area contributed by atoms with E-state index in [1.165, 1.54) is 7.11 Å². The van der Waals surface area contributed by atoms with Gasteiger partial charge in [0.15, 0.2) is 0 Å². The number of methoxy groups -OCH3 is 1. The van der Waals surface area contributed by atoms with Crippen molar-refractivity contribution >= 4 is 45.8 Å². The Kier molecular flexibility index (Phi) is 4.86. The van der Waals surface area contributed by atoms with Crippen molar-refractivity contribution in [1.82, 2.24) is 0 Å². The van der Waals surface area contributed by atoms with E-state index in [0.29, 0.717) is 19.8 Å². The van der Waals surface area contributed by atoms with Crippen LogP contribution < -0.4 is 5.73 Å². The molecule has 0 fully saturated rings. The van der Waals surface area contributed by atoms with Crippen molar-refractivity contribution in [1.29, 1.82) is 0 Å². The third-order valence-electron chi connectivity index (χ3n) is 2.25. The Bertz CT molecular complexity index is 421. The average molecular weight is 354 g/mol. The number of benzene rings is 1.